The molecule has 1 heterocycles. The summed E-state index contributed by atoms with van der Waals surface area (Å²) < 4.78 is 5.98. The molecule has 1 N–H and O–H groups in total. The van der Waals surface area contributed by atoms with Gasteiger partial charge in [0.05, 0.1) is 6.61 Å². The molecule has 0 amide bonds. The van der Waals surface area contributed by atoms with Gasteiger partial charge in [0.2, 0.25) is 0 Å². The van der Waals surface area contributed by atoms with Crippen LogP contribution in [0.15, 0.2) is 42.5 Å². The first-order valence-electron chi connectivity index (χ1n) is 6.33. The normalized spacial score (nSPS) is 24.2. The lowest BCUT2D eigenvalue weighted by Crippen LogP contribution is -2.42. The van der Waals surface area contributed by atoms with Gasteiger partial charge in [-0.05, 0) is 11.5 Å². The average molecular weight is 231 g/mol. The highest BCUT2D eigenvalue weighted by molar-refractivity contribution is 5.13. The Morgan fingerprint density at radius 1 is 1.29 bits per heavy atom. The van der Waals surface area contributed by atoms with Gasteiger partial charge in [-0.1, -0.05) is 56.3 Å². The van der Waals surface area contributed by atoms with Crippen LogP contribution in [0.5, 0.6) is 0 Å². The van der Waals surface area contributed by atoms with Gasteiger partial charge in [-0.2, -0.15) is 0 Å². The van der Waals surface area contributed by atoms with Crippen LogP contribution in [-0.4, -0.2) is 12.8 Å². The Kier molecular flexibility index (Phi) is 4.35. The van der Waals surface area contributed by atoms with Crippen molar-refractivity contribution in [3.05, 3.63) is 48.0 Å². The van der Waals surface area contributed by atoms with Gasteiger partial charge >= 0.3 is 0 Å². The molecule has 0 aliphatic carbocycles. The second-order valence-corrected chi connectivity index (χ2v) is 4.87. The van der Waals surface area contributed by atoms with Gasteiger partial charge in [-0.3, -0.25) is 5.32 Å². The predicted molar refractivity (Wildman–Crippen MR) is 70.5 cm³/mol. The maximum Gasteiger partial charge on any atom is 0.115 e. The summed E-state index contributed by atoms with van der Waals surface area (Å²) in [6, 6.07) is 10.3. The predicted octanol–water partition coefficient (Wildman–Crippen LogP) is 2.96. The van der Waals surface area contributed by atoms with Gasteiger partial charge in [0.15, 0.2) is 0 Å². The third-order valence-corrected chi connectivity index (χ3v) is 3.19. The quantitative estimate of drug-likeness (QED) is 0.804. The lowest BCUT2D eigenvalue weighted by atomic mass is 9.91. The molecule has 1 aliphatic rings. The van der Waals surface area contributed by atoms with Crippen molar-refractivity contribution in [1.29, 1.82) is 0 Å². The minimum Gasteiger partial charge on any atom is -0.358 e. The van der Waals surface area contributed by atoms with Gasteiger partial charge < -0.3 is 4.74 Å². The summed E-state index contributed by atoms with van der Waals surface area (Å²) in [7, 11) is 0. The Balaban J connectivity index is 1.92. The SMILES string of the molecule is CC(C)C1C=CCNC1OCc1ccccc1. The van der Waals surface area contributed by atoms with Crippen LogP contribution in [0.3, 0.4) is 0 Å². The maximum absolute atomic E-state index is 5.98. The summed E-state index contributed by atoms with van der Waals surface area (Å²) in [5.41, 5.74) is 1.23. The number of benzene rings is 1. The lowest BCUT2D eigenvalue weighted by molar-refractivity contribution is -0.0216. The summed E-state index contributed by atoms with van der Waals surface area (Å²) in [6.07, 6.45) is 4.60. The minimum absolute atomic E-state index is 0.139. The van der Waals surface area contributed by atoms with E-state index in [2.05, 4.69) is 43.4 Å². The number of hydrogen-bond donors (Lipinski definition) is 1. The highest BCUT2D eigenvalue weighted by Crippen LogP contribution is 2.21. The van der Waals surface area contributed by atoms with Crippen molar-refractivity contribution in [2.75, 3.05) is 6.54 Å². The molecule has 0 bridgehead atoms. The van der Waals surface area contributed by atoms with Crippen molar-refractivity contribution in [3.63, 3.8) is 0 Å². The lowest BCUT2D eigenvalue weighted by Gasteiger charge is -2.31. The summed E-state index contributed by atoms with van der Waals surface area (Å²) in [6.45, 7) is 6.06. The molecule has 92 valence electrons. The third-order valence-electron chi connectivity index (χ3n) is 3.19. The molecule has 0 saturated carbocycles. The second kappa shape index (κ2) is 5.99. The first-order chi connectivity index (χ1) is 8.27. The van der Waals surface area contributed by atoms with Crippen LogP contribution < -0.4 is 5.32 Å². The second-order valence-electron chi connectivity index (χ2n) is 4.87. The van der Waals surface area contributed by atoms with E-state index in [-0.39, 0.29) is 6.23 Å². The van der Waals surface area contributed by atoms with Gasteiger partial charge in [-0.25, -0.2) is 0 Å². The van der Waals surface area contributed by atoms with Crippen LogP contribution in [0.1, 0.15) is 19.4 Å². The highest BCUT2D eigenvalue weighted by atomic mass is 16.5. The van der Waals surface area contributed by atoms with E-state index >= 15 is 0 Å². The number of nitrogens with one attached hydrogen (secondary N) is 1. The molecule has 2 unspecified atom stereocenters. The molecule has 1 aliphatic heterocycles. The molecule has 2 rings (SSSR count). The molecule has 0 aromatic heterocycles. The van der Waals surface area contributed by atoms with Crippen molar-refractivity contribution in [2.45, 2.75) is 26.7 Å². The number of rotatable bonds is 4. The molecular weight excluding hydrogens is 210 g/mol. The van der Waals surface area contributed by atoms with E-state index in [1.54, 1.807) is 0 Å². The van der Waals surface area contributed by atoms with Crippen LogP contribution in [0.2, 0.25) is 0 Å². The fourth-order valence-corrected chi connectivity index (χ4v) is 2.15. The van der Waals surface area contributed by atoms with Crippen LogP contribution in [-0.2, 0) is 11.3 Å². The molecular formula is C15H21NO. The van der Waals surface area contributed by atoms with E-state index in [0.717, 1.165) is 6.54 Å². The van der Waals surface area contributed by atoms with E-state index in [1.807, 2.05) is 18.2 Å². The smallest absolute Gasteiger partial charge is 0.115 e. The largest absolute Gasteiger partial charge is 0.358 e. The van der Waals surface area contributed by atoms with E-state index in [0.29, 0.717) is 18.4 Å². The summed E-state index contributed by atoms with van der Waals surface area (Å²) in [4.78, 5) is 0. The average Bonchev–Trinajstić information content (AvgIpc) is 2.38. The van der Waals surface area contributed by atoms with Gasteiger partial charge in [0.1, 0.15) is 6.23 Å². The fourth-order valence-electron chi connectivity index (χ4n) is 2.15. The number of hydrogen-bond acceptors (Lipinski definition) is 2. The Bertz CT molecular complexity index is 358. The van der Waals surface area contributed by atoms with Crippen molar-refractivity contribution in [2.24, 2.45) is 11.8 Å². The number of ether oxygens (including phenoxy) is 1. The molecule has 0 saturated heterocycles. The Labute approximate surface area is 104 Å². The fraction of sp³-hybridized carbons (Fsp3) is 0.467. The third kappa shape index (κ3) is 3.42. The van der Waals surface area contributed by atoms with Crippen LogP contribution in [0, 0.1) is 11.8 Å². The topological polar surface area (TPSA) is 21.3 Å². The highest BCUT2D eigenvalue weighted by Gasteiger charge is 2.24. The zero-order valence-electron chi connectivity index (χ0n) is 10.6. The van der Waals surface area contributed by atoms with E-state index < -0.39 is 0 Å². The maximum atomic E-state index is 5.98. The summed E-state index contributed by atoms with van der Waals surface area (Å²) >= 11 is 0. The molecule has 0 fully saturated rings. The van der Waals surface area contributed by atoms with E-state index in [4.69, 9.17) is 4.74 Å². The van der Waals surface area contributed by atoms with Crippen LogP contribution >= 0.6 is 0 Å². The van der Waals surface area contributed by atoms with Gasteiger partial charge in [0.25, 0.3) is 0 Å². The van der Waals surface area contributed by atoms with Crippen molar-refractivity contribution in [3.8, 4) is 0 Å². The Hall–Kier alpha value is -1.12. The van der Waals surface area contributed by atoms with Crippen molar-refractivity contribution >= 4 is 0 Å². The first kappa shape index (κ1) is 12.3. The molecule has 2 atom stereocenters. The monoisotopic (exact) mass is 231 g/mol. The molecule has 1 aromatic rings. The zero-order valence-corrected chi connectivity index (χ0v) is 10.6. The molecule has 1 aromatic carbocycles. The molecule has 17 heavy (non-hydrogen) atoms. The van der Waals surface area contributed by atoms with Gasteiger partial charge in [0, 0.05) is 12.5 Å². The van der Waals surface area contributed by atoms with Crippen LogP contribution in [0.25, 0.3) is 0 Å². The van der Waals surface area contributed by atoms with Crippen molar-refractivity contribution < 1.29 is 4.74 Å². The van der Waals surface area contributed by atoms with E-state index in [1.165, 1.54) is 5.56 Å². The zero-order chi connectivity index (χ0) is 12.1. The van der Waals surface area contributed by atoms with Crippen molar-refractivity contribution in [1.82, 2.24) is 5.32 Å². The molecule has 0 spiro atoms. The summed E-state index contributed by atoms with van der Waals surface area (Å²) in [5.74, 6) is 1.06. The van der Waals surface area contributed by atoms with Crippen LogP contribution in [0.4, 0.5) is 0 Å². The first-order valence-corrected chi connectivity index (χ1v) is 6.33. The Morgan fingerprint density at radius 2 is 2.06 bits per heavy atom. The molecule has 2 heteroatoms. The van der Waals surface area contributed by atoms with E-state index in [9.17, 15) is 0 Å². The molecule has 2 nitrogen and oxygen atoms in total. The molecule has 0 radical (unpaired) electrons. The standard InChI is InChI=1S/C15H21NO/c1-12(2)14-9-6-10-16-15(14)17-11-13-7-4-3-5-8-13/h3-9,12,14-16H,10-11H2,1-2H3. The Morgan fingerprint density at radius 3 is 2.76 bits per heavy atom. The summed E-state index contributed by atoms with van der Waals surface area (Å²) in [5, 5.41) is 3.41. The minimum atomic E-state index is 0.139. The van der Waals surface area contributed by atoms with Gasteiger partial charge in [-0.15, -0.1) is 0 Å².